The summed E-state index contributed by atoms with van der Waals surface area (Å²) in [5.74, 6) is -0.827. The lowest BCUT2D eigenvalue weighted by atomic mass is 10.0. The van der Waals surface area contributed by atoms with E-state index in [0.29, 0.717) is 5.56 Å². The molecule has 0 bridgehead atoms. The Morgan fingerprint density at radius 2 is 1.93 bits per heavy atom. The first-order valence-electron chi connectivity index (χ1n) is 4.57. The van der Waals surface area contributed by atoms with E-state index in [4.69, 9.17) is 5.11 Å². The Balaban J connectivity index is 0. The highest BCUT2D eigenvalue weighted by Gasteiger charge is 2.07. The molecule has 0 amide bonds. The van der Waals surface area contributed by atoms with E-state index in [0.717, 1.165) is 24.8 Å². The lowest BCUT2D eigenvalue weighted by Crippen LogP contribution is -2.01. The molecular weight excluding hydrogens is 207 g/mol. The minimum absolute atomic E-state index is 0. The summed E-state index contributed by atoms with van der Waals surface area (Å²) in [5, 5.41) is 8.86. The summed E-state index contributed by atoms with van der Waals surface area (Å²) < 4.78 is 0. The highest BCUT2D eigenvalue weighted by molar-refractivity contribution is 5.89. The molecule has 0 aliphatic rings. The fourth-order valence-electron chi connectivity index (χ4n) is 1.31. The van der Waals surface area contributed by atoms with Crippen LogP contribution >= 0.6 is 0 Å². The largest absolute Gasteiger partial charge is 0.478 e. The number of benzene rings is 1. The van der Waals surface area contributed by atoms with E-state index >= 15 is 0 Å². The highest BCUT2D eigenvalue weighted by Crippen LogP contribution is 2.11. The number of aromatic carboxylic acids is 1. The number of carbonyl (C=O) groups is 1. The Morgan fingerprint density at radius 1 is 1.33 bits per heavy atom. The third-order valence-electron chi connectivity index (χ3n) is 2.05. The van der Waals surface area contributed by atoms with Crippen molar-refractivity contribution in [1.29, 1.82) is 0 Å². The molecule has 0 spiro atoms. The molecule has 0 aliphatic heterocycles. The molecule has 1 aromatic rings. The molecule has 0 aliphatic carbocycles. The summed E-state index contributed by atoms with van der Waals surface area (Å²) in [4.78, 5) is 10.8. The molecule has 0 atom stereocenters. The van der Waals surface area contributed by atoms with Gasteiger partial charge in [-0.25, -0.2) is 4.79 Å². The van der Waals surface area contributed by atoms with Gasteiger partial charge in [-0.05, 0) is 24.5 Å². The molecule has 0 unspecified atom stereocenters. The van der Waals surface area contributed by atoms with Crippen LogP contribution in [0.1, 0.15) is 35.7 Å². The number of rotatable bonds is 4. The van der Waals surface area contributed by atoms with Gasteiger partial charge >= 0.3 is 5.97 Å². The number of hydrogen-bond acceptors (Lipinski definition) is 1. The molecule has 1 rings (SSSR count). The van der Waals surface area contributed by atoms with E-state index in [-0.39, 0.29) is 22.8 Å². The van der Waals surface area contributed by atoms with Crippen molar-refractivity contribution in [3.8, 4) is 0 Å². The standard InChI is InChI=1S/C11H14O2.Al.H2O.3H/c1-2-3-6-9-7-4-5-8-10(9)11(12)13;;;;;/h4-5,7-8H,2-3,6H2,1H3,(H,12,13);;1H2;;;. The van der Waals surface area contributed by atoms with Crippen molar-refractivity contribution >= 4 is 23.3 Å². The summed E-state index contributed by atoms with van der Waals surface area (Å²) in [6.07, 6.45) is 3.00. The normalized spacial score (nSPS) is 8.60. The van der Waals surface area contributed by atoms with E-state index in [1.165, 1.54) is 0 Å². The van der Waals surface area contributed by atoms with E-state index in [9.17, 15) is 4.79 Å². The Kier molecular flexibility index (Phi) is 9.40. The van der Waals surface area contributed by atoms with E-state index in [1.54, 1.807) is 12.1 Å². The molecule has 0 saturated heterocycles. The van der Waals surface area contributed by atoms with E-state index in [1.807, 2.05) is 12.1 Å². The predicted octanol–water partition coefficient (Wildman–Crippen LogP) is 0.719. The molecule has 0 fully saturated rings. The van der Waals surface area contributed by atoms with Crippen LogP contribution in [0, 0.1) is 0 Å². The first-order valence-corrected chi connectivity index (χ1v) is 4.57. The molecule has 0 heterocycles. The van der Waals surface area contributed by atoms with Crippen LogP contribution < -0.4 is 0 Å². The van der Waals surface area contributed by atoms with Gasteiger partial charge in [0.05, 0.1) is 5.56 Å². The van der Waals surface area contributed by atoms with Crippen LogP contribution in [-0.4, -0.2) is 33.9 Å². The lowest BCUT2D eigenvalue weighted by Gasteiger charge is -2.03. The first kappa shape index (κ1) is 16.6. The van der Waals surface area contributed by atoms with Gasteiger partial charge in [-0.15, -0.1) is 0 Å². The molecule has 3 nitrogen and oxygen atoms in total. The van der Waals surface area contributed by atoms with Crippen molar-refractivity contribution in [2.45, 2.75) is 26.2 Å². The molecule has 15 heavy (non-hydrogen) atoms. The van der Waals surface area contributed by atoms with Gasteiger partial charge in [0.15, 0.2) is 17.4 Å². The van der Waals surface area contributed by atoms with Gasteiger partial charge in [-0.1, -0.05) is 31.5 Å². The van der Waals surface area contributed by atoms with Crippen LogP contribution in [0.5, 0.6) is 0 Å². The van der Waals surface area contributed by atoms with Gasteiger partial charge in [0.25, 0.3) is 0 Å². The summed E-state index contributed by atoms with van der Waals surface area (Å²) in [6, 6.07) is 7.20. The summed E-state index contributed by atoms with van der Waals surface area (Å²) >= 11 is 0. The molecular formula is C11H19AlO3. The smallest absolute Gasteiger partial charge is 0.335 e. The van der Waals surface area contributed by atoms with Crippen molar-refractivity contribution < 1.29 is 15.4 Å². The van der Waals surface area contributed by atoms with Crippen molar-refractivity contribution in [3.63, 3.8) is 0 Å². The molecule has 0 saturated carbocycles. The third-order valence-corrected chi connectivity index (χ3v) is 2.05. The van der Waals surface area contributed by atoms with Gasteiger partial charge in [0, 0.05) is 0 Å². The minimum atomic E-state index is -0.827. The van der Waals surface area contributed by atoms with Gasteiger partial charge in [0.1, 0.15) is 0 Å². The summed E-state index contributed by atoms with van der Waals surface area (Å²) in [5.41, 5.74) is 1.38. The second-order valence-corrected chi connectivity index (χ2v) is 3.07. The van der Waals surface area contributed by atoms with Gasteiger partial charge in [-0.3, -0.25) is 0 Å². The van der Waals surface area contributed by atoms with Crippen LogP contribution in [0.4, 0.5) is 0 Å². The summed E-state index contributed by atoms with van der Waals surface area (Å²) in [6.45, 7) is 2.10. The Morgan fingerprint density at radius 3 is 2.47 bits per heavy atom. The quantitative estimate of drug-likeness (QED) is 0.768. The maximum atomic E-state index is 10.8. The average Bonchev–Trinajstić information content (AvgIpc) is 2.15. The molecule has 0 aromatic heterocycles. The maximum Gasteiger partial charge on any atom is 0.335 e. The fourth-order valence-corrected chi connectivity index (χ4v) is 1.31. The zero-order chi connectivity index (χ0) is 9.68. The average molecular weight is 226 g/mol. The van der Waals surface area contributed by atoms with Gasteiger partial charge in [0.2, 0.25) is 0 Å². The zero-order valence-corrected chi connectivity index (χ0v) is 8.29. The van der Waals surface area contributed by atoms with Crippen molar-refractivity contribution in [2.24, 2.45) is 0 Å². The first-order chi connectivity index (χ1) is 6.25. The minimum Gasteiger partial charge on any atom is -0.478 e. The molecule has 3 N–H and O–H groups in total. The zero-order valence-electron chi connectivity index (χ0n) is 8.29. The Labute approximate surface area is 101 Å². The monoisotopic (exact) mass is 226 g/mol. The predicted molar refractivity (Wildman–Crippen MR) is 65.6 cm³/mol. The van der Waals surface area contributed by atoms with Crippen molar-refractivity contribution in [1.82, 2.24) is 0 Å². The third kappa shape index (κ3) is 4.99. The maximum absolute atomic E-state index is 10.8. The summed E-state index contributed by atoms with van der Waals surface area (Å²) in [7, 11) is 0. The van der Waals surface area contributed by atoms with Crippen LogP contribution in [0.15, 0.2) is 24.3 Å². The SMILES string of the molecule is CCCCc1ccccc1C(=O)O.O.[AlH3]. The van der Waals surface area contributed by atoms with Gasteiger partial charge in [-0.2, -0.15) is 0 Å². The van der Waals surface area contributed by atoms with Crippen molar-refractivity contribution in [2.75, 3.05) is 0 Å². The molecule has 4 heteroatoms. The van der Waals surface area contributed by atoms with Gasteiger partial charge < -0.3 is 10.6 Å². The highest BCUT2D eigenvalue weighted by atomic mass is 27.0. The van der Waals surface area contributed by atoms with Crippen LogP contribution in [0.25, 0.3) is 0 Å². The lowest BCUT2D eigenvalue weighted by molar-refractivity contribution is 0.0695. The number of carboxylic acid groups (broad SMARTS) is 1. The van der Waals surface area contributed by atoms with Crippen LogP contribution in [0.3, 0.4) is 0 Å². The molecule has 0 radical (unpaired) electrons. The number of unbranched alkanes of at least 4 members (excludes halogenated alkanes) is 1. The number of aryl methyl sites for hydroxylation is 1. The second kappa shape index (κ2) is 8.49. The van der Waals surface area contributed by atoms with Crippen molar-refractivity contribution in [3.05, 3.63) is 35.4 Å². The van der Waals surface area contributed by atoms with Crippen LogP contribution in [0.2, 0.25) is 0 Å². The molecule has 84 valence electrons. The number of carboxylic acids is 1. The fraction of sp³-hybridized carbons (Fsp3) is 0.364. The topological polar surface area (TPSA) is 68.8 Å². The van der Waals surface area contributed by atoms with Crippen LogP contribution in [-0.2, 0) is 6.42 Å². The number of hydrogen-bond donors (Lipinski definition) is 1. The Hall–Kier alpha value is -0.818. The van der Waals surface area contributed by atoms with E-state index < -0.39 is 5.97 Å². The Bertz CT molecular complexity index is 300. The second-order valence-electron chi connectivity index (χ2n) is 3.07. The molecule has 1 aromatic carbocycles. The van der Waals surface area contributed by atoms with E-state index in [2.05, 4.69) is 6.92 Å².